The van der Waals surface area contributed by atoms with Crippen molar-refractivity contribution in [3.05, 3.63) is 34.9 Å². The average molecular weight is 276 g/mol. The van der Waals surface area contributed by atoms with Gasteiger partial charge < -0.3 is 0 Å². The fourth-order valence-corrected chi connectivity index (χ4v) is 2.12. The molecule has 0 N–H and O–H groups in total. The van der Waals surface area contributed by atoms with Crippen molar-refractivity contribution in [1.29, 1.82) is 0 Å². The lowest BCUT2D eigenvalue weighted by Crippen LogP contribution is -2.13. The topological polar surface area (TPSA) is 17.1 Å². The Morgan fingerprint density at radius 3 is 2.86 bits per heavy atom. The van der Waals surface area contributed by atoms with Gasteiger partial charge in [-0.25, -0.2) is 0 Å². The molecule has 1 rings (SSSR count). The smallest absolute Gasteiger partial charge is 0.176 e. The number of alkyl halides is 1. The minimum absolute atomic E-state index is 0.0917. The van der Waals surface area contributed by atoms with E-state index in [1.807, 2.05) is 0 Å². The number of carbonyl (C=O) groups is 1. The van der Waals surface area contributed by atoms with Crippen molar-refractivity contribution in [3.8, 4) is 0 Å². The molecule has 0 aliphatic rings. The van der Waals surface area contributed by atoms with E-state index in [1.165, 1.54) is 0 Å². The van der Waals surface area contributed by atoms with Crippen molar-refractivity contribution in [2.45, 2.75) is 24.6 Å². The number of carbonyl (C=O) groups excluding carboxylic acids is 1. The first kappa shape index (κ1) is 11.7. The Morgan fingerprint density at radius 1 is 1.57 bits per heavy atom. The van der Waals surface area contributed by atoms with Crippen LogP contribution in [0.2, 0.25) is 5.02 Å². The molecule has 0 aromatic heterocycles. The monoisotopic (exact) mass is 274 g/mol. The third-order valence-corrected chi connectivity index (χ3v) is 3.04. The van der Waals surface area contributed by atoms with Gasteiger partial charge in [0.25, 0.3) is 0 Å². The molecule has 0 amide bonds. The van der Waals surface area contributed by atoms with E-state index in [1.54, 1.807) is 24.3 Å². The second-order valence-electron chi connectivity index (χ2n) is 3.13. The lowest BCUT2D eigenvalue weighted by atomic mass is 10.1. The molecule has 0 heterocycles. The summed E-state index contributed by atoms with van der Waals surface area (Å²) in [6.45, 7) is 2.06. The van der Waals surface area contributed by atoms with Crippen LogP contribution in [-0.2, 0) is 0 Å². The van der Waals surface area contributed by atoms with E-state index in [-0.39, 0.29) is 10.6 Å². The van der Waals surface area contributed by atoms with Gasteiger partial charge >= 0.3 is 0 Å². The number of halogens is 2. The van der Waals surface area contributed by atoms with Crippen LogP contribution in [0, 0.1) is 0 Å². The molecule has 3 heteroatoms. The maximum Gasteiger partial charge on any atom is 0.176 e. The Hall–Kier alpha value is -0.340. The Bertz CT molecular complexity index is 325. The highest BCUT2D eigenvalue weighted by Gasteiger charge is 2.15. The van der Waals surface area contributed by atoms with E-state index < -0.39 is 0 Å². The molecule has 0 aliphatic carbocycles. The van der Waals surface area contributed by atoms with Gasteiger partial charge in [-0.1, -0.05) is 53.0 Å². The normalized spacial score (nSPS) is 12.5. The van der Waals surface area contributed by atoms with Crippen molar-refractivity contribution in [1.82, 2.24) is 0 Å². The summed E-state index contributed by atoms with van der Waals surface area (Å²) >= 11 is 9.18. The second kappa shape index (κ2) is 5.52. The molecule has 0 saturated heterocycles. The predicted molar refractivity (Wildman–Crippen MR) is 63.4 cm³/mol. The van der Waals surface area contributed by atoms with Crippen LogP contribution in [0.15, 0.2) is 24.3 Å². The van der Waals surface area contributed by atoms with Gasteiger partial charge in [-0.05, 0) is 18.6 Å². The van der Waals surface area contributed by atoms with Gasteiger partial charge in [-0.15, -0.1) is 0 Å². The number of Topliss-reactive ketones (excluding diaryl/α,β-unsaturated/α-hetero) is 1. The number of ketones is 1. The zero-order valence-corrected chi connectivity index (χ0v) is 10.3. The molecule has 0 spiro atoms. The van der Waals surface area contributed by atoms with Crippen LogP contribution in [0.4, 0.5) is 0 Å². The standard InChI is InChI=1S/C11H12BrClO/c1-2-4-10(12)11(14)8-5-3-6-9(13)7-8/h3,5-7,10H,2,4H2,1H3. The zero-order valence-electron chi connectivity index (χ0n) is 7.97. The maximum absolute atomic E-state index is 11.8. The minimum atomic E-state index is -0.0917. The SMILES string of the molecule is CCCC(Br)C(=O)c1cccc(Cl)c1. The first-order valence-corrected chi connectivity index (χ1v) is 5.88. The van der Waals surface area contributed by atoms with Crippen LogP contribution in [0.3, 0.4) is 0 Å². The summed E-state index contributed by atoms with van der Waals surface area (Å²) in [6.07, 6.45) is 1.84. The van der Waals surface area contributed by atoms with Crippen LogP contribution in [0.1, 0.15) is 30.1 Å². The van der Waals surface area contributed by atoms with E-state index in [0.717, 1.165) is 12.8 Å². The second-order valence-corrected chi connectivity index (χ2v) is 4.67. The van der Waals surface area contributed by atoms with E-state index >= 15 is 0 Å². The zero-order chi connectivity index (χ0) is 10.6. The third-order valence-electron chi connectivity index (χ3n) is 1.94. The summed E-state index contributed by atoms with van der Waals surface area (Å²) in [7, 11) is 0. The lowest BCUT2D eigenvalue weighted by molar-refractivity contribution is 0.0988. The average Bonchev–Trinajstić information content (AvgIpc) is 2.17. The Balaban J connectivity index is 2.78. The lowest BCUT2D eigenvalue weighted by Gasteiger charge is -2.07. The maximum atomic E-state index is 11.8. The molecule has 76 valence electrons. The predicted octanol–water partition coefficient (Wildman–Crippen LogP) is 4.09. The Labute approximate surface area is 97.6 Å². The van der Waals surface area contributed by atoms with E-state index in [4.69, 9.17) is 11.6 Å². The van der Waals surface area contributed by atoms with E-state index in [0.29, 0.717) is 10.6 Å². The van der Waals surface area contributed by atoms with Crippen LogP contribution < -0.4 is 0 Å². The van der Waals surface area contributed by atoms with Gasteiger partial charge in [0.15, 0.2) is 5.78 Å². The van der Waals surface area contributed by atoms with Gasteiger partial charge in [0.05, 0.1) is 4.83 Å². The Kier molecular flexibility index (Phi) is 4.63. The molecule has 14 heavy (non-hydrogen) atoms. The molecule has 0 saturated carbocycles. The molecule has 0 radical (unpaired) electrons. The number of rotatable bonds is 4. The van der Waals surface area contributed by atoms with Crippen molar-refractivity contribution in [2.75, 3.05) is 0 Å². The summed E-state index contributed by atoms with van der Waals surface area (Å²) < 4.78 is 0. The van der Waals surface area contributed by atoms with Crippen LogP contribution in [-0.4, -0.2) is 10.6 Å². The summed E-state index contributed by atoms with van der Waals surface area (Å²) in [4.78, 5) is 11.7. The molecule has 1 aromatic carbocycles. The van der Waals surface area contributed by atoms with Crippen molar-refractivity contribution < 1.29 is 4.79 Å². The van der Waals surface area contributed by atoms with Gasteiger partial charge in [-0.3, -0.25) is 4.79 Å². The molecule has 1 nitrogen and oxygen atoms in total. The first-order chi connectivity index (χ1) is 6.65. The summed E-state index contributed by atoms with van der Waals surface area (Å²) in [5, 5.41) is 0.604. The molecule has 0 bridgehead atoms. The van der Waals surface area contributed by atoms with Crippen LogP contribution >= 0.6 is 27.5 Å². The fraction of sp³-hybridized carbons (Fsp3) is 0.364. The molecular formula is C11H12BrClO. The highest BCUT2D eigenvalue weighted by atomic mass is 79.9. The number of hydrogen-bond donors (Lipinski definition) is 0. The van der Waals surface area contributed by atoms with Crippen LogP contribution in [0.5, 0.6) is 0 Å². The van der Waals surface area contributed by atoms with Crippen LogP contribution in [0.25, 0.3) is 0 Å². The van der Waals surface area contributed by atoms with Crippen molar-refractivity contribution >= 4 is 33.3 Å². The molecule has 1 atom stereocenters. The molecular weight excluding hydrogens is 263 g/mol. The van der Waals surface area contributed by atoms with E-state index in [9.17, 15) is 4.79 Å². The van der Waals surface area contributed by atoms with Gasteiger partial charge in [0.2, 0.25) is 0 Å². The largest absolute Gasteiger partial charge is 0.293 e. The molecule has 0 fully saturated rings. The number of hydrogen-bond acceptors (Lipinski definition) is 1. The molecule has 0 aliphatic heterocycles. The molecule has 1 unspecified atom stereocenters. The van der Waals surface area contributed by atoms with Crippen molar-refractivity contribution in [2.24, 2.45) is 0 Å². The summed E-state index contributed by atoms with van der Waals surface area (Å²) in [5.74, 6) is 0.106. The highest BCUT2D eigenvalue weighted by molar-refractivity contribution is 9.10. The minimum Gasteiger partial charge on any atom is -0.293 e. The summed E-state index contributed by atoms with van der Waals surface area (Å²) in [5.41, 5.74) is 0.674. The fourth-order valence-electron chi connectivity index (χ4n) is 1.21. The molecule has 1 aromatic rings. The third kappa shape index (κ3) is 3.10. The summed E-state index contributed by atoms with van der Waals surface area (Å²) in [6, 6.07) is 7.05. The number of benzene rings is 1. The van der Waals surface area contributed by atoms with Gasteiger partial charge in [0, 0.05) is 10.6 Å². The van der Waals surface area contributed by atoms with Gasteiger partial charge in [0.1, 0.15) is 0 Å². The highest BCUT2D eigenvalue weighted by Crippen LogP contribution is 2.17. The van der Waals surface area contributed by atoms with Gasteiger partial charge in [-0.2, -0.15) is 0 Å². The quantitative estimate of drug-likeness (QED) is 0.597. The van der Waals surface area contributed by atoms with E-state index in [2.05, 4.69) is 22.9 Å². The Morgan fingerprint density at radius 2 is 2.29 bits per heavy atom. The van der Waals surface area contributed by atoms with Crippen molar-refractivity contribution in [3.63, 3.8) is 0 Å². The first-order valence-electron chi connectivity index (χ1n) is 4.59.